The molecule has 2 aliphatic heterocycles. The number of anilines is 1. The predicted octanol–water partition coefficient (Wildman–Crippen LogP) is 3.22. The first-order valence-electron chi connectivity index (χ1n) is 10.6. The smallest absolute Gasteiger partial charge is 0.317 e. The van der Waals surface area contributed by atoms with Crippen molar-refractivity contribution >= 4 is 11.8 Å². The topological polar surface area (TPSA) is 70.6 Å². The molecule has 2 saturated heterocycles. The Labute approximate surface area is 172 Å². The molecule has 2 aromatic heterocycles. The van der Waals surface area contributed by atoms with Gasteiger partial charge in [0.2, 0.25) is 0 Å². The van der Waals surface area contributed by atoms with Crippen LogP contribution in [0.5, 0.6) is 5.75 Å². The Kier molecular flexibility index (Phi) is 6.44. The Balaban J connectivity index is 1.23. The first-order chi connectivity index (χ1) is 14.3. The third-order valence-corrected chi connectivity index (χ3v) is 5.55. The summed E-state index contributed by atoms with van der Waals surface area (Å²) in [6.45, 7) is 3.94. The highest BCUT2D eigenvalue weighted by atomic mass is 16.5. The van der Waals surface area contributed by atoms with E-state index < -0.39 is 0 Å². The summed E-state index contributed by atoms with van der Waals surface area (Å²) in [6.07, 6.45) is 11.2. The van der Waals surface area contributed by atoms with Gasteiger partial charge in [-0.05, 0) is 36.6 Å². The summed E-state index contributed by atoms with van der Waals surface area (Å²) in [5, 5.41) is 3.00. The fourth-order valence-electron chi connectivity index (χ4n) is 3.92. The van der Waals surface area contributed by atoms with Gasteiger partial charge in [0.1, 0.15) is 17.7 Å². The van der Waals surface area contributed by atoms with Gasteiger partial charge in [0.05, 0.1) is 12.7 Å². The van der Waals surface area contributed by atoms with E-state index in [1.165, 1.54) is 25.7 Å². The fraction of sp³-hybridized carbons (Fsp3) is 0.500. The highest BCUT2D eigenvalue weighted by Crippen LogP contribution is 2.19. The number of urea groups is 1. The van der Waals surface area contributed by atoms with E-state index in [0.29, 0.717) is 19.6 Å². The minimum Gasteiger partial charge on any atom is -0.487 e. The normalized spacial score (nSPS) is 19.7. The van der Waals surface area contributed by atoms with Crippen LogP contribution in [0.25, 0.3) is 0 Å². The SMILES string of the molecule is O=C(NCc1ccc(N2CCCCCC2)nc1)N1CCC(Oc2cccnc2)C1. The molecule has 0 aromatic carbocycles. The quantitative estimate of drug-likeness (QED) is 0.842. The number of ether oxygens (including phenoxy) is 1. The van der Waals surface area contributed by atoms with E-state index in [1.807, 2.05) is 18.3 Å². The van der Waals surface area contributed by atoms with Crippen molar-refractivity contribution < 1.29 is 9.53 Å². The lowest BCUT2D eigenvalue weighted by atomic mass is 10.2. The molecule has 2 fully saturated rings. The van der Waals surface area contributed by atoms with Gasteiger partial charge in [0.25, 0.3) is 0 Å². The van der Waals surface area contributed by atoms with Crippen molar-refractivity contribution in [2.45, 2.75) is 44.8 Å². The van der Waals surface area contributed by atoms with Crippen LogP contribution in [0.3, 0.4) is 0 Å². The summed E-state index contributed by atoms with van der Waals surface area (Å²) in [6, 6.07) is 7.81. The first kappa shape index (κ1) is 19.5. The van der Waals surface area contributed by atoms with E-state index in [9.17, 15) is 4.79 Å². The van der Waals surface area contributed by atoms with Crippen molar-refractivity contribution in [1.82, 2.24) is 20.2 Å². The average Bonchev–Trinajstić information content (AvgIpc) is 3.05. The summed E-state index contributed by atoms with van der Waals surface area (Å²) in [5.41, 5.74) is 1.01. The largest absolute Gasteiger partial charge is 0.487 e. The number of hydrogen-bond donors (Lipinski definition) is 1. The van der Waals surface area contributed by atoms with Crippen molar-refractivity contribution in [2.75, 3.05) is 31.1 Å². The lowest BCUT2D eigenvalue weighted by molar-refractivity contribution is 0.186. The maximum Gasteiger partial charge on any atom is 0.317 e. The van der Waals surface area contributed by atoms with Gasteiger partial charge in [-0.1, -0.05) is 18.9 Å². The molecule has 1 atom stereocenters. The molecule has 29 heavy (non-hydrogen) atoms. The van der Waals surface area contributed by atoms with Crippen LogP contribution in [-0.2, 0) is 6.54 Å². The molecule has 7 nitrogen and oxygen atoms in total. The Morgan fingerprint density at radius 1 is 1.10 bits per heavy atom. The van der Waals surface area contributed by atoms with E-state index in [4.69, 9.17) is 4.74 Å². The summed E-state index contributed by atoms with van der Waals surface area (Å²) in [4.78, 5) is 25.3. The average molecular weight is 396 g/mol. The van der Waals surface area contributed by atoms with E-state index in [1.54, 1.807) is 17.3 Å². The van der Waals surface area contributed by atoms with Crippen LogP contribution >= 0.6 is 0 Å². The molecule has 1 unspecified atom stereocenters. The van der Waals surface area contributed by atoms with Gasteiger partial charge in [-0.15, -0.1) is 0 Å². The molecular weight excluding hydrogens is 366 g/mol. The van der Waals surface area contributed by atoms with Crippen LogP contribution < -0.4 is 15.0 Å². The van der Waals surface area contributed by atoms with Crippen LogP contribution in [0, 0.1) is 0 Å². The van der Waals surface area contributed by atoms with Gasteiger partial charge in [0, 0.05) is 45.0 Å². The van der Waals surface area contributed by atoms with Crippen LogP contribution in [0.15, 0.2) is 42.9 Å². The maximum atomic E-state index is 12.5. The number of hydrogen-bond acceptors (Lipinski definition) is 5. The van der Waals surface area contributed by atoms with Crippen LogP contribution in [0.1, 0.15) is 37.7 Å². The maximum absolute atomic E-state index is 12.5. The van der Waals surface area contributed by atoms with E-state index in [0.717, 1.165) is 36.6 Å². The molecule has 1 N–H and O–H groups in total. The molecule has 0 aliphatic carbocycles. The van der Waals surface area contributed by atoms with Crippen LogP contribution in [-0.4, -0.2) is 53.2 Å². The number of amides is 2. The molecule has 0 saturated carbocycles. The van der Waals surface area contributed by atoms with E-state index >= 15 is 0 Å². The van der Waals surface area contributed by atoms with Crippen molar-refractivity contribution in [3.05, 3.63) is 48.4 Å². The van der Waals surface area contributed by atoms with Gasteiger partial charge in [-0.3, -0.25) is 4.98 Å². The van der Waals surface area contributed by atoms with Crippen molar-refractivity contribution in [3.63, 3.8) is 0 Å². The van der Waals surface area contributed by atoms with E-state index in [-0.39, 0.29) is 12.1 Å². The Morgan fingerprint density at radius 2 is 1.97 bits per heavy atom. The Bertz CT molecular complexity index is 776. The number of aromatic nitrogens is 2. The third kappa shape index (κ3) is 5.37. The first-order valence-corrected chi connectivity index (χ1v) is 10.6. The zero-order valence-electron chi connectivity index (χ0n) is 16.8. The molecule has 4 rings (SSSR count). The molecular formula is C22H29N5O2. The standard InChI is InChI=1S/C22H29N5O2/c28-22(27-13-9-20(17-27)29-19-6-5-10-23-16-19)25-15-18-7-8-21(24-14-18)26-11-3-1-2-4-12-26/h5-8,10,14,16,20H,1-4,9,11-13,15,17H2,(H,25,28). The molecule has 154 valence electrons. The van der Waals surface area contributed by atoms with Gasteiger partial charge >= 0.3 is 6.03 Å². The van der Waals surface area contributed by atoms with Crippen molar-refractivity contribution in [3.8, 4) is 5.75 Å². The lowest BCUT2D eigenvalue weighted by Crippen LogP contribution is -2.39. The summed E-state index contributed by atoms with van der Waals surface area (Å²) in [5.74, 6) is 1.78. The minimum atomic E-state index is -0.0566. The molecule has 2 amide bonds. The van der Waals surface area contributed by atoms with Crippen molar-refractivity contribution in [2.24, 2.45) is 0 Å². The molecule has 0 bridgehead atoms. The number of pyridine rings is 2. The zero-order chi connectivity index (χ0) is 19.9. The van der Waals surface area contributed by atoms with E-state index in [2.05, 4.69) is 32.3 Å². The Morgan fingerprint density at radius 3 is 2.69 bits per heavy atom. The second-order valence-corrected chi connectivity index (χ2v) is 7.75. The summed E-state index contributed by atoms with van der Waals surface area (Å²) >= 11 is 0. The third-order valence-electron chi connectivity index (χ3n) is 5.55. The van der Waals surface area contributed by atoms with Crippen LogP contribution in [0.2, 0.25) is 0 Å². The number of carbonyl (C=O) groups excluding carboxylic acids is 1. The van der Waals surface area contributed by atoms with Gasteiger partial charge in [-0.2, -0.15) is 0 Å². The molecule has 0 radical (unpaired) electrons. The minimum absolute atomic E-state index is 0.0134. The number of nitrogens with one attached hydrogen (secondary N) is 1. The molecule has 2 aromatic rings. The van der Waals surface area contributed by atoms with Gasteiger partial charge < -0.3 is 19.9 Å². The zero-order valence-corrected chi connectivity index (χ0v) is 16.8. The number of carbonyl (C=O) groups is 1. The van der Waals surface area contributed by atoms with Crippen LogP contribution in [0.4, 0.5) is 10.6 Å². The highest BCUT2D eigenvalue weighted by molar-refractivity contribution is 5.74. The Hall–Kier alpha value is -2.83. The lowest BCUT2D eigenvalue weighted by Gasteiger charge is -2.21. The van der Waals surface area contributed by atoms with Gasteiger partial charge in [-0.25, -0.2) is 9.78 Å². The van der Waals surface area contributed by atoms with Gasteiger partial charge in [0.15, 0.2) is 0 Å². The molecule has 2 aliphatic rings. The fourth-order valence-corrected chi connectivity index (χ4v) is 3.92. The number of nitrogens with zero attached hydrogens (tertiary/aromatic N) is 4. The summed E-state index contributed by atoms with van der Waals surface area (Å²) in [7, 11) is 0. The molecule has 7 heteroatoms. The molecule has 0 spiro atoms. The number of likely N-dealkylation sites (tertiary alicyclic amines) is 1. The summed E-state index contributed by atoms with van der Waals surface area (Å²) < 4.78 is 5.90. The van der Waals surface area contributed by atoms with Crippen molar-refractivity contribution in [1.29, 1.82) is 0 Å². The second-order valence-electron chi connectivity index (χ2n) is 7.75. The predicted molar refractivity (Wildman–Crippen MR) is 112 cm³/mol. The highest BCUT2D eigenvalue weighted by Gasteiger charge is 2.27. The monoisotopic (exact) mass is 395 g/mol. The second kappa shape index (κ2) is 9.58. The molecule has 4 heterocycles. The number of rotatable bonds is 5.